The minimum Gasteiger partial charge on any atom is -0.454 e. The SMILES string of the molecule is Fc1cc(Br)ccc1Oc1cccc(F)c1CBr. The number of hydrogen-bond donors (Lipinski definition) is 0. The molecule has 0 aliphatic carbocycles. The van der Waals surface area contributed by atoms with Crippen molar-refractivity contribution in [2.45, 2.75) is 5.33 Å². The van der Waals surface area contributed by atoms with Gasteiger partial charge in [-0.1, -0.05) is 37.9 Å². The first-order valence-electron chi connectivity index (χ1n) is 5.08. The van der Waals surface area contributed by atoms with Crippen LogP contribution in [0.3, 0.4) is 0 Å². The molecule has 0 fully saturated rings. The van der Waals surface area contributed by atoms with Gasteiger partial charge in [-0.3, -0.25) is 0 Å². The maximum absolute atomic E-state index is 13.6. The Bertz CT molecular complexity index is 573. The van der Waals surface area contributed by atoms with E-state index in [1.807, 2.05) is 0 Å². The molecule has 18 heavy (non-hydrogen) atoms. The number of alkyl halides is 1. The summed E-state index contributed by atoms with van der Waals surface area (Å²) in [5, 5.41) is 0.299. The number of ether oxygens (including phenoxy) is 1. The van der Waals surface area contributed by atoms with Gasteiger partial charge in [-0.25, -0.2) is 8.78 Å². The maximum atomic E-state index is 13.6. The lowest BCUT2D eigenvalue weighted by molar-refractivity contribution is 0.434. The third-order valence-corrected chi connectivity index (χ3v) is 3.38. The second-order valence-electron chi connectivity index (χ2n) is 3.53. The molecule has 0 aliphatic heterocycles. The zero-order chi connectivity index (χ0) is 13.1. The van der Waals surface area contributed by atoms with Crippen LogP contribution in [0.1, 0.15) is 5.56 Å². The number of halogens is 4. The van der Waals surface area contributed by atoms with Gasteiger partial charge in [0.05, 0.1) is 0 Å². The molecule has 0 radical (unpaired) electrons. The molecule has 0 unspecified atom stereocenters. The molecular formula is C13H8Br2F2O. The first kappa shape index (κ1) is 13.5. The zero-order valence-corrected chi connectivity index (χ0v) is 12.3. The van der Waals surface area contributed by atoms with Gasteiger partial charge < -0.3 is 4.74 Å². The van der Waals surface area contributed by atoms with Gasteiger partial charge in [0.15, 0.2) is 11.6 Å². The number of benzene rings is 2. The van der Waals surface area contributed by atoms with E-state index in [1.54, 1.807) is 12.1 Å². The predicted molar refractivity (Wildman–Crippen MR) is 73.2 cm³/mol. The Morgan fingerprint density at radius 3 is 2.44 bits per heavy atom. The average Bonchev–Trinajstić information content (AvgIpc) is 2.33. The summed E-state index contributed by atoms with van der Waals surface area (Å²) in [4.78, 5) is 0. The molecule has 0 heterocycles. The third kappa shape index (κ3) is 2.90. The van der Waals surface area contributed by atoms with Crippen LogP contribution in [0.25, 0.3) is 0 Å². The normalized spacial score (nSPS) is 10.4. The highest BCUT2D eigenvalue weighted by molar-refractivity contribution is 9.10. The fraction of sp³-hybridized carbons (Fsp3) is 0.0769. The highest BCUT2D eigenvalue weighted by Gasteiger charge is 2.11. The Hall–Kier alpha value is -0.940. The lowest BCUT2D eigenvalue weighted by Crippen LogP contribution is -1.94. The standard InChI is InChI=1S/C13H8Br2F2O/c14-7-9-10(16)2-1-3-12(9)18-13-5-4-8(15)6-11(13)17/h1-6H,7H2. The molecule has 2 rings (SSSR count). The Balaban J connectivity index is 2.37. The first-order valence-corrected chi connectivity index (χ1v) is 6.99. The van der Waals surface area contributed by atoms with Crippen LogP contribution >= 0.6 is 31.9 Å². The minimum atomic E-state index is -0.505. The van der Waals surface area contributed by atoms with E-state index in [0.29, 0.717) is 21.1 Å². The van der Waals surface area contributed by atoms with Crippen molar-refractivity contribution in [3.05, 3.63) is 58.1 Å². The van der Waals surface area contributed by atoms with Crippen molar-refractivity contribution in [1.82, 2.24) is 0 Å². The molecule has 0 aliphatic rings. The lowest BCUT2D eigenvalue weighted by atomic mass is 10.2. The van der Waals surface area contributed by atoms with Crippen molar-refractivity contribution in [3.63, 3.8) is 0 Å². The van der Waals surface area contributed by atoms with Crippen molar-refractivity contribution in [2.75, 3.05) is 0 Å². The Morgan fingerprint density at radius 2 is 1.78 bits per heavy atom. The quantitative estimate of drug-likeness (QED) is 0.649. The van der Waals surface area contributed by atoms with Crippen molar-refractivity contribution in [1.29, 1.82) is 0 Å². The summed E-state index contributed by atoms with van der Waals surface area (Å²) >= 11 is 6.34. The van der Waals surface area contributed by atoms with Gasteiger partial charge in [0.1, 0.15) is 11.6 Å². The Morgan fingerprint density at radius 1 is 1.00 bits per heavy atom. The van der Waals surface area contributed by atoms with Gasteiger partial charge in [-0.05, 0) is 30.3 Å². The highest BCUT2D eigenvalue weighted by Crippen LogP contribution is 2.31. The molecule has 2 aromatic rings. The molecule has 0 bridgehead atoms. The van der Waals surface area contributed by atoms with Crippen molar-refractivity contribution >= 4 is 31.9 Å². The molecule has 1 nitrogen and oxygen atoms in total. The summed E-state index contributed by atoms with van der Waals surface area (Å²) in [6.45, 7) is 0. The van der Waals surface area contributed by atoms with Crippen LogP contribution < -0.4 is 4.74 Å². The molecule has 94 valence electrons. The monoisotopic (exact) mass is 376 g/mol. The highest BCUT2D eigenvalue weighted by atomic mass is 79.9. The lowest BCUT2D eigenvalue weighted by Gasteiger charge is -2.11. The molecule has 0 saturated heterocycles. The average molecular weight is 378 g/mol. The third-order valence-electron chi connectivity index (χ3n) is 2.32. The second kappa shape index (κ2) is 5.80. The molecule has 0 amide bonds. The van der Waals surface area contributed by atoms with Gasteiger partial charge in [0.2, 0.25) is 0 Å². The fourth-order valence-corrected chi connectivity index (χ4v) is 2.32. The molecule has 5 heteroatoms. The molecular weight excluding hydrogens is 370 g/mol. The molecule has 2 aromatic carbocycles. The van der Waals surface area contributed by atoms with E-state index in [1.165, 1.54) is 24.3 Å². The molecule has 0 spiro atoms. The predicted octanol–water partition coefficient (Wildman–Crippen LogP) is 5.41. The largest absolute Gasteiger partial charge is 0.454 e. The van der Waals surface area contributed by atoms with Gasteiger partial charge in [0.25, 0.3) is 0 Å². The van der Waals surface area contributed by atoms with Crippen LogP contribution in [0, 0.1) is 11.6 Å². The van der Waals surface area contributed by atoms with Crippen LogP contribution in [0.15, 0.2) is 40.9 Å². The zero-order valence-electron chi connectivity index (χ0n) is 9.09. The van der Waals surface area contributed by atoms with E-state index in [9.17, 15) is 8.78 Å². The topological polar surface area (TPSA) is 9.23 Å². The van der Waals surface area contributed by atoms with E-state index in [2.05, 4.69) is 31.9 Å². The van der Waals surface area contributed by atoms with E-state index < -0.39 is 5.82 Å². The van der Waals surface area contributed by atoms with Crippen LogP contribution in [0.5, 0.6) is 11.5 Å². The summed E-state index contributed by atoms with van der Waals surface area (Å²) in [5.74, 6) is -0.532. The smallest absolute Gasteiger partial charge is 0.166 e. The van der Waals surface area contributed by atoms with Gasteiger partial charge in [-0.15, -0.1) is 0 Å². The summed E-state index contributed by atoms with van der Waals surface area (Å²) in [7, 11) is 0. The van der Waals surface area contributed by atoms with Crippen molar-refractivity contribution in [2.24, 2.45) is 0 Å². The van der Waals surface area contributed by atoms with Crippen molar-refractivity contribution < 1.29 is 13.5 Å². The summed E-state index contributed by atoms with van der Waals surface area (Å²) in [5.41, 5.74) is 0.361. The second-order valence-corrected chi connectivity index (χ2v) is 5.00. The van der Waals surface area contributed by atoms with Crippen LogP contribution in [-0.4, -0.2) is 0 Å². The summed E-state index contributed by atoms with van der Waals surface area (Å²) in [6, 6.07) is 8.90. The Kier molecular flexibility index (Phi) is 4.35. The van der Waals surface area contributed by atoms with Crippen LogP contribution in [0.4, 0.5) is 8.78 Å². The molecule has 0 N–H and O–H groups in total. The molecule has 0 saturated carbocycles. The molecule has 0 atom stereocenters. The molecule has 0 aromatic heterocycles. The van der Waals surface area contributed by atoms with E-state index >= 15 is 0 Å². The number of rotatable bonds is 3. The van der Waals surface area contributed by atoms with Gasteiger partial charge in [0, 0.05) is 15.4 Å². The van der Waals surface area contributed by atoms with Crippen LogP contribution in [-0.2, 0) is 5.33 Å². The minimum absolute atomic E-state index is 0.0611. The maximum Gasteiger partial charge on any atom is 0.166 e. The summed E-state index contributed by atoms with van der Waals surface area (Å²) < 4.78 is 33.1. The van der Waals surface area contributed by atoms with E-state index in [-0.39, 0.29) is 11.6 Å². The van der Waals surface area contributed by atoms with Crippen LogP contribution in [0.2, 0.25) is 0 Å². The number of hydrogen-bond acceptors (Lipinski definition) is 1. The van der Waals surface area contributed by atoms with Gasteiger partial charge >= 0.3 is 0 Å². The Labute approximate surface area is 120 Å². The van der Waals surface area contributed by atoms with E-state index in [0.717, 1.165) is 0 Å². The summed E-state index contributed by atoms with van der Waals surface area (Å²) in [6.07, 6.45) is 0. The first-order chi connectivity index (χ1) is 8.61. The van der Waals surface area contributed by atoms with Gasteiger partial charge in [-0.2, -0.15) is 0 Å². The fourth-order valence-electron chi connectivity index (χ4n) is 1.44. The van der Waals surface area contributed by atoms with Crippen molar-refractivity contribution in [3.8, 4) is 11.5 Å². The van der Waals surface area contributed by atoms with E-state index in [4.69, 9.17) is 4.74 Å².